The molecule has 0 atom stereocenters. The van der Waals surface area contributed by atoms with Gasteiger partial charge < -0.3 is 5.73 Å². The van der Waals surface area contributed by atoms with Gasteiger partial charge in [0.2, 0.25) is 0 Å². The molecule has 1 heterocycles. The fourth-order valence-electron chi connectivity index (χ4n) is 1.46. The lowest BCUT2D eigenvalue weighted by molar-refractivity contribution is 0.549. The maximum atomic E-state index is 5.95. The highest BCUT2D eigenvalue weighted by Gasteiger charge is 2.18. The van der Waals surface area contributed by atoms with Gasteiger partial charge in [-0.3, -0.25) is 0 Å². The zero-order valence-corrected chi connectivity index (χ0v) is 11.2. The molecule has 0 unspecified atom stereocenters. The highest BCUT2D eigenvalue weighted by atomic mass is 79.9. The van der Waals surface area contributed by atoms with Gasteiger partial charge in [-0.1, -0.05) is 36.7 Å². The van der Waals surface area contributed by atoms with Crippen molar-refractivity contribution in [2.75, 3.05) is 5.73 Å². The minimum absolute atomic E-state index is 0.0879. The van der Waals surface area contributed by atoms with E-state index >= 15 is 0 Å². The van der Waals surface area contributed by atoms with Crippen LogP contribution in [0.25, 0.3) is 10.9 Å². The summed E-state index contributed by atoms with van der Waals surface area (Å²) in [5.41, 5.74) is 6.75. The number of nitrogens with two attached hydrogens (primary N) is 1. The molecule has 2 rings (SSSR count). The molecule has 0 bridgehead atoms. The first kappa shape index (κ1) is 11.3. The number of halogens is 1. The Hall–Kier alpha value is -1.16. The molecule has 16 heavy (non-hydrogen) atoms. The third-order valence-corrected chi connectivity index (χ3v) is 2.85. The van der Waals surface area contributed by atoms with E-state index in [0.717, 1.165) is 21.2 Å². The number of fused-ring (bicyclic) bond motifs is 1. The topological polar surface area (TPSA) is 51.8 Å². The van der Waals surface area contributed by atoms with Crippen molar-refractivity contribution in [1.29, 1.82) is 0 Å². The summed E-state index contributed by atoms with van der Waals surface area (Å²) in [6.45, 7) is 6.23. The first-order valence-corrected chi connectivity index (χ1v) is 5.90. The van der Waals surface area contributed by atoms with Crippen molar-refractivity contribution in [3.05, 3.63) is 28.5 Å². The summed E-state index contributed by atoms with van der Waals surface area (Å²) in [4.78, 5) is 8.90. The van der Waals surface area contributed by atoms with Crippen molar-refractivity contribution >= 4 is 32.7 Å². The van der Waals surface area contributed by atoms with Crippen molar-refractivity contribution in [2.24, 2.45) is 0 Å². The molecule has 1 aromatic heterocycles. The number of anilines is 1. The molecule has 0 fully saturated rings. The van der Waals surface area contributed by atoms with Crippen molar-refractivity contribution in [3.8, 4) is 0 Å². The van der Waals surface area contributed by atoms with Crippen LogP contribution in [0.4, 0.5) is 5.82 Å². The van der Waals surface area contributed by atoms with E-state index in [1.54, 1.807) is 0 Å². The van der Waals surface area contributed by atoms with E-state index in [1.807, 2.05) is 18.2 Å². The summed E-state index contributed by atoms with van der Waals surface area (Å²) in [7, 11) is 0. The molecule has 0 amide bonds. The Balaban J connectivity index is 2.74. The van der Waals surface area contributed by atoms with Crippen LogP contribution in [0, 0.1) is 0 Å². The smallest absolute Gasteiger partial charge is 0.136 e. The molecule has 0 aliphatic heterocycles. The fourth-order valence-corrected chi connectivity index (χ4v) is 1.82. The van der Waals surface area contributed by atoms with Gasteiger partial charge in [0, 0.05) is 15.3 Å². The summed E-state index contributed by atoms with van der Waals surface area (Å²) in [6, 6.07) is 5.85. The third kappa shape index (κ3) is 2.02. The number of nitrogen functional groups attached to an aromatic ring is 1. The van der Waals surface area contributed by atoms with Crippen LogP contribution in [0.1, 0.15) is 26.6 Å². The number of rotatable bonds is 0. The Morgan fingerprint density at radius 1 is 1.19 bits per heavy atom. The van der Waals surface area contributed by atoms with Gasteiger partial charge >= 0.3 is 0 Å². The monoisotopic (exact) mass is 279 g/mol. The molecule has 1 aromatic carbocycles. The van der Waals surface area contributed by atoms with Gasteiger partial charge in [-0.2, -0.15) is 0 Å². The predicted octanol–water partition coefficient (Wildman–Crippen LogP) is 3.27. The lowest BCUT2D eigenvalue weighted by Gasteiger charge is -2.17. The molecule has 0 spiro atoms. The lowest BCUT2D eigenvalue weighted by atomic mass is 9.95. The van der Waals surface area contributed by atoms with Crippen molar-refractivity contribution < 1.29 is 0 Å². The highest BCUT2D eigenvalue weighted by Crippen LogP contribution is 2.26. The second-order valence-electron chi connectivity index (χ2n) is 4.84. The van der Waals surface area contributed by atoms with Gasteiger partial charge in [-0.15, -0.1) is 0 Å². The minimum atomic E-state index is -0.0879. The Kier molecular flexibility index (Phi) is 2.62. The number of hydrogen-bond donors (Lipinski definition) is 1. The van der Waals surface area contributed by atoms with E-state index in [9.17, 15) is 0 Å². The second-order valence-corrected chi connectivity index (χ2v) is 5.76. The maximum absolute atomic E-state index is 5.95. The molecular weight excluding hydrogens is 266 g/mol. The van der Waals surface area contributed by atoms with Gasteiger partial charge in [0.15, 0.2) is 0 Å². The molecule has 0 saturated heterocycles. The Morgan fingerprint density at radius 2 is 1.88 bits per heavy atom. The molecule has 0 aliphatic carbocycles. The van der Waals surface area contributed by atoms with Gasteiger partial charge in [-0.05, 0) is 18.2 Å². The number of aromatic nitrogens is 2. The van der Waals surface area contributed by atoms with E-state index < -0.39 is 0 Å². The molecule has 2 N–H and O–H groups in total. The summed E-state index contributed by atoms with van der Waals surface area (Å²) >= 11 is 3.41. The number of benzene rings is 1. The van der Waals surface area contributed by atoms with Crippen LogP contribution in [-0.4, -0.2) is 9.97 Å². The summed E-state index contributed by atoms with van der Waals surface area (Å²) in [6.07, 6.45) is 0. The summed E-state index contributed by atoms with van der Waals surface area (Å²) in [5.74, 6) is 1.32. The third-order valence-electron chi connectivity index (χ3n) is 2.36. The second kappa shape index (κ2) is 3.70. The van der Waals surface area contributed by atoms with Crippen molar-refractivity contribution in [1.82, 2.24) is 9.97 Å². The highest BCUT2D eigenvalue weighted by molar-refractivity contribution is 9.10. The van der Waals surface area contributed by atoms with Crippen LogP contribution >= 0.6 is 15.9 Å². The first-order valence-electron chi connectivity index (χ1n) is 5.11. The van der Waals surface area contributed by atoms with Gasteiger partial charge in [0.05, 0.1) is 5.52 Å². The summed E-state index contributed by atoms with van der Waals surface area (Å²) < 4.78 is 0.985. The average molecular weight is 280 g/mol. The van der Waals surface area contributed by atoms with Gasteiger partial charge in [0.1, 0.15) is 11.6 Å². The molecule has 3 nitrogen and oxygen atoms in total. The molecule has 0 aliphatic rings. The van der Waals surface area contributed by atoms with Gasteiger partial charge in [-0.25, -0.2) is 9.97 Å². The number of nitrogens with zero attached hydrogens (tertiary/aromatic N) is 2. The fraction of sp³-hybridized carbons (Fsp3) is 0.333. The van der Waals surface area contributed by atoms with Gasteiger partial charge in [0.25, 0.3) is 0 Å². The zero-order chi connectivity index (χ0) is 11.9. The lowest BCUT2D eigenvalue weighted by Crippen LogP contribution is -2.17. The van der Waals surface area contributed by atoms with E-state index in [0.29, 0.717) is 5.82 Å². The van der Waals surface area contributed by atoms with Crippen LogP contribution in [0.3, 0.4) is 0 Å². The van der Waals surface area contributed by atoms with Crippen LogP contribution in [0.5, 0.6) is 0 Å². The molecule has 0 saturated carbocycles. The van der Waals surface area contributed by atoms with E-state index in [4.69, 9.17) is 5.73 Å². The van der Waals surface area contributed by atoms with Crippen molar-refractivity contribution in [3.63, 3.8) is 0 Å². The molecule has 0 radical (unpaired) electrons. The van der Waals surface area contributed by atoms with Crippen LogP contribution in [0.15, 0.2) is 22.7 Å². The van der Waals surface area contributed by atoms with E-state index in [2.05, 4.69) is 46.7 Å². The zero-order valence-electron chi connectivity index (χ0n) is 9.58. The standard InChI is InChI=1S/C12H14BrN3/c1-12(2,3)11-15-9-5-4-7(13)6-8(9)10(14)16-11/h4-6H,1-3H3,(H2,14,15,16). The van der Waals surface area contributed by atoms with Crippen LogP contribution in [-0.2, 0) is 5.41 Å². The molecule has 2 aromatic rings. The Bertz CT molecular complexity index is 544. The van der Waals surface area contributed by atoms with E-state index in [-0.39, 0.29) is 5.41 Å². The molecule has 4 heteroatoms. The van der Waals surface area contributed by atoms with E-state index in [1.165, 1.54) is 0 Å². The van der Waals surface area contributed by atoms with Crippen LogP contribution in [0.2, 0.25) is 0 Å². The normalized spacial score (nSPS) is 12.0. The SMILES string of the molecule is CC(C)(C)c1nc(N)c2cc(Br)ccc2n1. The largest absolute Gasteiger partial charge is 0.383 e. The van der Waals surface area contributed by atoms with Crippen molar-refractivity contribution in [2.45, 2.75) is 26.2 Å². The Morgan fingerprint density at radius 3 is 2.50 bits per heavy atom. The summed E-state index contributed by atoms with van der Waals surface area (Å²) in [5, 5.41) is 0.891. The predicted molar refractivity (Wildman–Crippen MR) is 70.4 cm³/mol. The molecule has 84 valence electrons. The molecular formula is C12H14BrN3. The average Bonchev–Trinajstić information content (AvgIpc) is 2.17. The Labute approximate surface area is 103 Å². The van der Waals surface area contributed by atoms with Crippen LogP contribution < -0.4 is 5.73 Å². The minimum Gasteiger partial charge on any atom is -0.383 e. The maximum Gasteiger partial charge on any atom is 0.136 e. The quantitative estimate of drug-likeness (QED) is 0.805. The first-order chi connectivity index (χ1) is 7.38. The number of hydrogen-bond acceptors (Lipinski definition) is 3.